The molecule has 2 aliphatic rings. The van der Waals surface area contributed by atoms with E-state index >= 15 is 0 Å². The molecular formula is C20H28N4O4S2. The van der Waals surface area contributed by atoms with Crippen molar-refractivity contribution in [1.82, 2.24) is 19.8 Å². The van der Waals surface area contributed by atoms with Crippen LogP contribution in [0.2, 0.25) is 0 Å². The van der Waals surface area contributed by atoms with E-state index in [0.29, 0.717) is 46.8 Å². The molecule has 1 atom stereocenters. The number of aromatic nitrogens is 2. The zero-order chi connectivity index (χ0) is 21.5. The fourth-order valence-electron chi connectivity index (χ4n) is 3.90. The summed E-state index contributed by atoms with van der Waals surface area (Å²) >= 11 is 1.35. The zero-order valence-corrected chi connectivity index (χ0v) is 19.2. The highest BCUT2D eigenvalue weighted by Gasteiger charge is 2.35. The molecule has 3 heterocycles. The van der Waals surface area contributed by atoms with Crippen molar-refractivity contribution < 1.29 is 17.7 Å². The maximum atomic E-state index is 13.3. The van der Waals surface area contributed by atoms with Crippen LogP contribution in [0.15, 0.2) is 15.5 Å². The Morgan fingerprint density at radius 1 is 1.30 bits per heavy atom. The number of hydrogen-bond acceptors (Lipinski definition) is 7. The molecule has 0 spiro atoms. The molecule has 8 nitrogen and oxygen atoms in total. The van der Waals surface area contributed by atoms with Crippen LogP contribution in [-0.2, 0) is 14.8 Å². The van der Waals surface area contributed by atoms with Crippen molar-refractivity contribution in [3.05, 3.63) is 16.8 Å². The number of thiophene rings is 1. The van der Waals surface area contributed by atoms with E-state index in [1.54, 1.807) is 13.0 Å². The number of piperidine rings is 1. The van der Waals surface area contributed by atoms with Gasteiger partial charge in [0.1, 0.15) is 0 Å². The van der Waals surface area contributed by atoms with Crippen molar-refractivity contribution >= 4 is 27.3 Å². The molecule has 2 aromatic rings. The number of nitrogens with one attached hydrogen (secondary N) is 1. The Kier molecular flexibility index (Phi) is 6.00. The number of sulfonamides is 1. The lowest BCUT2D eigenvalue weighted by Gasteiger charge is -2.31. The van der Waals surface area contributed by atoms with Gasteiger partial charge in [-0.15, -0.1) is 11.3 Å². The first-order valence-electron chi connectivity index (χ1n) is 10.5. The summed E-state index contributed by atoms with van der Waals surface area (Å²) in [4.78, 5) is 18.5. The Morgan fingerprint density at radius 2 is 2.07 bits per heavy atom. The number of carbonyl (C=O) groups excluding carboxylic acids is 1. The number of nitrogens with zero attached hydrogens (tertiary/aromatic N) is 3. The molecule has 1 N–H and O–H groups in total. The Balaban J connectivity index is 1.54. The fraction of sp³-hybridized carbons (Fsp3) is 0.650. The minimum absolute atomic E-state index is 0.0333. The largest absolute Gasteiger partial charge is 0.354 e. The summed E-state index contributed by atoms with van der Waals surface area (Å²) in [6.07, 6.45) is 4.66. The molecule has 2 aromatic heterocycles. The van der Waals surface area contributed by atoms with Gasteiger partial charge < -0.3 is 9.84 Å². The van der Waals surface area contributed by atoms with Gasteiger partial charge in [-0.1, -0.05) is 11.6 Å². The molecule has 1 unspecified atom stereocenters. The summed E-state index contributed by atoms with van der Waals surface area (Å²) in [7, 11) is -3.70. The standard InChI is InChI=1S/C20H28N4O4S2/c1-12(2)21-19(25)15-8-5-9-24(11-15)30(26,27)17-10-16(29-13(17)3)18-22-20(28-23-18)14-6-4-7-14/h10,12,14-15H,4-9,11H2,1-3H3,(H,21,25). The Morgan fingerprint density at radius 3 is 2.73 bits per heavy atom. The second kappa shape index (κ2) is 8.39. The van der Waals surface area contributed by atoms with Crippen LogP contribution < -0.4 is 5.32 Å². The highest BCUT2D eigenvalue weighted by Crippen LogP contribution is 2.38. The van der Waals surface area contributed by atoms with Gasteiger partial charge in [-0.25, -0.2) is 8.42 Å². The van der Waals surface area contributed by atoms with Crippen LogP contribution >= 0.6 is 11.3 Å². The van der Waals surface area contributed by atoms with Gasteiger partial charge in [-0.05, 0) is 52.5 Å². The van der Waals surface area contributed by atoms with Crippen molar-refractivity contribution in [2.75, 3.05) is 13.1 Å². The topological polar surface area (TPSA) is 105 Å². The average Bonchev–Trinajstić information content (AvgIpc) is 3.27. The monoisotopic (exact) mass is 452 g/mol. The minimum Gasteiger partial charge on any atom is -0.354 e. The quantitative estimate of drug-likeness (QED) is 0.721. The van der Waals surface area contributed by atoms with E-state index in [1.807, 2.05) is 13.8 Å². The van der Waals surface area contributed by atoms with Gasteiger partial charge in [0.05, 0.1) is 15.7 Å². The predicted octanol–water partition coefficient (Wildman–Crippen LogP) is 3.30. The lowest BCUT2D eigenvalue weighted by molar-refractivity contribution is -0.126. The lowest BCUT2D eigenvalue weighted by atomic mass is 9.85. The number of carbonyl (C=O) groups is 1. The summed E-state index contributed by atoms with van der Waals surface area (Å²) < 4.78 is 33.5. The molecule has 1 saturated heterocycles. The third-order valence-electron chi connectivity index (χ3n) is 5.79. The molecule has 1 amide bonds. The van der Waals surface area contributed by atoms with E-state index in [0.717, 1.165) is 12.8 Å². The highest BCUT2D eigenvalue weighted by atomic mass is 32.2. The van der Waals surface area contributed by atoms with Gasteiger partial charge in [-0.3, -0.25) is 4.79 Å². The molecule has 1 aliphatic carbocycles. The molecule has 10 heteroatoms. The van der Waals surface area contributed by atoms with Crippen LogP contribution in [0, 0.1) is 12.8 Å². The van der Waals surface area contributed by atoms with E-state index in [-0.39, 0.29) is 29.3 Å². The maximum absolute atomic E-state index is 13.3. The van der Waals surface area contributed by atoms with E-state index in [2.05, 4.69) is 15.5 Å². The summed E-state index contributed by atoms with van der Waals surface area (Å²) in [6, 6.07) is 1.67. The van der Waals surface area contributed by atoms with Crippen molar-refractivity contribution in [2.24, 2.45) is 5.92 Å². The van der Waals surface area contributed by atoms with Crippen molar-refractivity contribution in [2.45, 2.75) is 69.7 Å². The van der Waals surface area contributed by atoms with Gasteiger partial charge >= 0.3 is 0 Å². The van der Waals surface area contributed by atoms with Crippen LogP contribution in [-0.4, -0.2) is 47.9 Å². The first kappa shape index (κ1) is 21.5. The first-order valence-corrected chi connectivity index (χ1v) is 12.8. The molecule has 30 heavy (non-hydrogen) atoms. The first-order chi connectivity index (χ1) is 14.3. The fourth-order valence-corrected chi connectivity index (χ4v) is 6.91. The Bertz CT molecular complexity index is 1020. The van der Waals surface area contributed by atoms with Crippen LogP contribution in [0.4, 0.5) is 0 Å². The molecule has 1 aliphatic heterocycles. The van der Waals surface area contributed by atoms with Crippen molar-refractivity contribution in [1.29, 1.82) is 0 Å². The number of amides is 1. The third kappa shape index (κ3) is 4.17. The van der Waals surface area contributed by atoms with Gasteiger partial charge in [-0.2, -0.15) is 9.29 Å². The van der Waals surface area contributed by atoms with Crippen LogP contribution in [0.3, 0.4) is 0 Å². The second-order valence-corrected chi connectivity index (χ2v) is 11.6. The summed E-state index contributed by atoms with van der Waals surface area (Å²) in [5.74, 6) is 1.01. The Labute approximate surface area is 181 Å². The van der Waals surface area contributed by atoms with E-state index in [1.165, 1.54) is 22.1 Å². The van der Waals surface area contributed by atoms with E-state index < -0.39 is 10.0 Å². The van der Waals surface area contributed by atoms with Gasteiger partial charge in [0.2, 0.25) is 27.6 Å². The number of aryl methyl sites for hydroxylation is 1. The average molecular weight is 453 g/mol. The predicted molar refractivity (Wildman–Crippen MR) is 114 cm³/mol. The van der Waals surface area contributed by atoms with Gasteiger partial charge in [0, 0.05) is 29.9 Å². The van der Waals surface area contributed by atoms with Crippen molar-refractivity contribution in [3.8, 4) is 10.7 Å². The second-order valence-electron chi connectivity index (χ2n) is 8.48. The molecule has 1 saturated carbocycles. The van der Waals surface area contributed by atoms with Crippen LogP contribution in [0.5, 0.6) is 0 Å². The SMILES string of the molecule is Cc1sc(-c2noc(C3CCC3)n2)cc1S(=O)(=O)N1CCCC(C(=O)NC(C)C)C1. The van der Waals surface area contributed by atoms with E-state index in [9.17, 15) is 13.2 Å². The Hall–Kier alpha value is -1.78. The molecule has 0 aromatic carbocycles. The summed E-state index contributed by atoms with van der Waals surface area (Å²) in [6.45, 7) is 6.23. The number of rotatable bonds is 6. The number of hydrogen-bond donors (Lipinski definition) is 1. The highest BCUT2D eigenvalue weighted by molar-refractivity contribution is 7.89. The van der Waals surface area contributed by atoms with E-state index in [4.69, 9.17) is 4.52 Å². The smallest absolute Gasteiger partial charge is 0.244 e. The normalized spacial score (nSPS) is 21.0. The van der Waals surface area contributed by atoms with Crippen LogP contribution in [0.25, 0.3) is 10.7 Å². The third-order valence-corrected chi connectivity index (χ3v) is 8.96. The van der Waals surface area contributed by atoms with Crippen LogP contribution in [0.1, 0.15) is 62.6 Å². The van der Waals surface area contributed by atoms with Crippen molar-refractivity contribution in [3.63, 3.8) is 0 Å². The molecule has 0 bridgehead atoms. The maximum Gasteiger partial charge on any atom is 0.244 e. The molecular weight excluding hydrogens is 424 g/mol. The molecule has 0 radical (unpaired) electrons. The van der Waals surface area contributed by atoms with Gasteiger partial charge in [0.25, 0.3) is 0 Å². The summed E-state index contributed by atoms with van der Waals surface area (Å²) in [5.41, 5.74) is 0. The minimum atomic E-state index is -3.70. The zero-order valence-electron chi connectivity index (χ0n) is 17.6. The van der Waals surface area contributed by atoms with Gasteiger partial charge in [0.15, 0.2) is 0 Å². The lowest BCUT2D eigenvalue weighted by Crippen LogP contribution is -2.46. The molecule has 164 valence electrons. The molecule has 2 fully saturated rings. The summed E-state index contributed by atoms with van der Waals surface area (Å²) in [5, 5.41) is 6.96. The molecule has 4 rings (SSSR count).